The highest BCUT2D eigenvalue weighted by Crippen LogP contribution is 2.39. The van der Waals surface area contributed by atoms with Crippen LogP contribution >= 0.6 is 0 Å². The van der Waals surface area contributed by atoms with Gasteiger partial charge in [-0.2, -0.15) is 5.26 Å². The fraction of sp³-hybridized carbons (Fsp3) is 0. The first-order valence-corrected chi connectivity index (χ1v) is 15.2. The number of hydrogen-bond donors (Lipinski definition) is 0. The normalized spacial score (nSPS) is 11.0. The predicted molar refractivity (Wildman–Crippen MR) is 187 cm³/mol. The topological polar surface area (TPSA) is 62.5 Å². The smallest absolute Gasteiger partial charge is 0.0991 e. The first-order valence-electron chi connectivity index (χ1n) is 15.2. The quantitative estimate of drug-likeness (QED) is 0.201. The lowest BCUT2D eigenvalue weighted by atomic mass is 9.89. The maximum atomic E-state index is 9.36. The number of pyridine rings is 3. The van der Waals surface area contributed by atoms with E-state index in [-0.39, 0.29) is 0 Å². The van der Waals surface area contributed by atoms with Crippen molar-refractivity contribution in [2.24, 2.45) is 0 Å². The molecule has 8 aromatic rings. The van der Waals surface area contributed by atoms with E-state index in [0.717, 1.165) is 66.9 Å². The van der Waals surface area contributed by atoms with Crippen molar-refractivity contribution in [3.8, 4) is 62.2 Å². The minimum atomic E-state index is 0.651. The molecular formula is C42H26N4. The third-order valence-corrected chi connectivity index (χ3v) is 8.39. The van der Waals surface area contributed by atoms with Gasteiger partial charge in [0.2, 0.25) is 0 Å². The Kier molecular flexibility index (Phi) is 6.83. The van der Waals surface area contributed by atoms with Crippen LogP contribution in [0.3, 0.4) is 0 Å². The van der Waals surface area contributed by atoms with Crippen molar-refractivity contribution in [1.82, 2.24) is 15.0 Å². The van der Waals surface area contributed by atoms with Crippen LogP contribution in [-0.2, 0) is 0 Å². The van der Waals surface area contributed by atoms with Crippen molar-refractivity contribution >= 4 is 21.5 Å². The second-order valence-electron chi connectivity index (χ2n) is 11.2. The van der Waals surface area contributed by atoms with Gasteiger partial charge in [0, 0.05) is 12.4 Å². The maximum Gasteiger partial charge on any atom is 0.0991 e. The van der Waals surface area contributed by atoms with Gasteiger partial charge in [0.25, 0.3) is 0 Å². The minimum absolute atomic E-state index is 0.651. The Morgan fingerprint density at radius 1 is 0.413 bits per heavy atom. The molecule has 4 nitrogen and oxygen atoms in total. The molecule has 0 aliphatic rings. The molecule has 0 amide bonds. The van der Waals surface area contributed by atoms with E-state index in [2.05, 4.69) is 101 Å². The average molecular weight is 587 g/mol. The van der Waals surface area contributed by atoms with E-state index in [0.29, 0.717) is 5.56 Å². The van der Waals surface area contributed by atoms with E-state index in [1.165, 1.54) is 10.8 Å². The number of rotatable bonds is 5. The van der Waals surface area contributed by atoms with Crippen LogP contribution in [0.25, 0.3) is 77.7 Å². The standard InChI is InChI=1S/C42H26N4/c43-27-28-14-16-29(17-15-28)37-23-30-8-1-2-9-31(30)24-38(37)33-18-19-36-32(22-33)10-7-11-35(36)34-25-41(39-12-3-5-20-44-39)46-42(26-34)40-13-4-6-21-45-40/h1-26H. The van der Waals surface area contributed by atoms with Gasteiger partial charge in [0.05, 0.1) is 34.4 Å². The molecule has 0 bridgehead atoms. The molecule has 0 saturated carbocycles. The first-order chi connectivity index (χ1) is 22.7. The highest BCUT2D eigenvalue weighted by Gasteiger charge is 2.15. The molecule has 0 aliphatic carbocycles. The Hall–Kier alpha value is -6.44. The van der Waals surface area contributed by atoms with Crippen LogP contribution in [0.1, 0.15) is 5.56 Å². The van der Waals surface area contributed by atoms with Gasteiger partial charge in [-0.1, -0.05) is 78.9 Å². The Balaban J connectivity index is 1.29. The lowest BCUT2D eigenvalue weighted by Crippen LogP contribution is -1.94. The summed E-state index contributed by atoms with van der Waals surface area (Å²) < 4.78 is 0. The maximum absolute atomic E-state index is 9.36. The Morgan fingerprint density at radius 2 is 1.00 bits per heavy atom. The van der Waals surface area contributed by atoms with Crippen molar-refractivity contribution in [2.75, 3.05) is 0 Å². The number of aromatic nitrogens is 3. The van der Waals surface area contributed by atoms with Gasteiger partial charge in [-0.3, -0.25) is 9.97 Å². The van der Waals surface area contributed by atoms with Gasteiger partial charge in [0.15, 0.2) is 0 Å². The summed E-state index contributed by atoms with van der Waals surface area (Å²) in [4.78, 5) is 14.1. The molecule has 4 heteroatoms. The molecule has 3 aromatic heterocycles. The van der Waals surface area contributed by atoms with E-state index in [1.54, 1.807) is 12.4 Å². The van der Waals surface area contributed by atoms with Gasteiger partial charge in [-0.25, -0.2) is 4.98 Å². The highest BCUT2D eigenvalue weighted by molar-refractivity contribution is 6.02. The van der Waals surface area contributed by atoms with Crippen molar-refractivity contribution < 1.29 is 0 Å². The summed E-state index contributed by atoms with van der Waals surface area (Å²) in [7, 11) is 0. The summed E-state index contributed by atoms with van der Waals surface area (Å²) in [6, 6.07) is 52.2. The summed E-state index contributed by atoms with van der Waals surface area (Å²) in [6.07, 6.45) is 3.59. The van der Waals surface area contributed by atoms with E-state index in [1.807, 2.05) is 60.7 Å². The van der Waals surface area contributed by atoms with E-state index in [4.69, 9.17) is 4.98 Å². The summed E-state index contributed by atoms with van der Waals surface area (Å²) >= 11 is 0. The van der Waals surface area contributed by atoms with Crippen LogP contribution < -0.4 is 0 Å². The van der Waals surface area contributed by atoms with Crippen LogP contribution in [0.2, 0.25) is 0 Å². The Labute approximate surface area is 266 Å². The lowest BCUT2D eigenvalue weighted by Gasteiger charge is -2.15. The number of benzene rings is 5. The minimum Gasteiger partial charge on any atom is -0.255 e. The van der Waals surface area contributed by atoms with Gasteiger partial charge < -0.3 is 0 Å². The molecule has 0 spiro atoms. The molecule has 0 saturated heterocycles. The van der Waals surface area contributed by atoms with Crippen LogP contribution in [0.4, 0.5) is 0 Å². The lowest BCUT2D eigenvalue weighted by molar-refractivity contribution is 1.22. The summed E-state index contributed by atoms with van der Waals surface area (Å²) in [5.41, 5.74) is 10.5. The largest absolute Gasteiger partial charge is 0.255 e. The van der Waals surface area contributed by atoms with Gasteiger partial charge in [-0.15, -0.1) is 0 Å². The van der Waals surface area contributed by atoms with Gasteiger partial charge >= 0.3 is 0 Å². The second kappa shape index (κ2) is 11.6. The molecule has 8 rings (SSSR count). The number of nitrogens with zero attached hydrogens (tertiary/aromatic N) is 4. The summed E-state index contributed by atoms with van der Waals surface area (Å²) in [5.74, 6) is 0. The molecule has 0 N–H and O–H groups in total. The Morgan fingerprint density at radius 3 is 1.61 bits per heavy atom. The van der Waals surface area contributed by atoms with Crippen LogP contribution in [0.15, 0.2) is 158 Å². The number of hydrogen-bond acceptors (Lipinski definition) is 4. The van der Waals surface area contributed by atoms with E-state index >= 15 is 0 Å². The fourth-order valence-corrected chi connectivity index (χ4v) is 6.12. The number of nitriles is 1. The average Bonchev–Trinajstić information content (AvgIpc) is 3.14. The summed E-state index contributed by atoms with van der Waals surface area (Å²) in [5, 5.41) is 14.0. The van der Waals surface area contributed by atoms with Crippen molar-refractivity contribution in [1.29, 1.82) is 5.26 Å². The second-order valence-corrected chi connectivity index (χ2v) is 11.2. The zero-order valence-corrected chi connectivity index (χ0v) is 24.8. The van der Waals surface area contributed by atoms with Gasteiger partial charge in [0.1, 0.15) is 0 Å². The van der Waals surface area contributed by atoms with Crippen molar-refractivity contribution in [3.63, 3.8) is 0 Å². The van der Waals surface area contributed by atoms with E-state index < -0.39 is 0 Å². The molecule has 0 aliphatic heterocycles. The van der Waals surface area contributed by atoms with Crippen LogP contribution in [0, 0.1) is 11.3 Å². The monoisotopic (exact) mass is 586 g/mol. The molecule has 3 heterocycles. The molecule has 0 radical (unpaired) electrons. The highest BCUT2D eigenvalue weighted by atomic mass is 14.8. The zero-order chi connectivity index (χ0) is 30.9. The predicted octanol–water partition coefficient (Wildman–Crippen LogP) is 10.4. The molecule has 46 heavy (non-hydrogen) atoms. The molecule has 214 valence electrons. The Bertz CT molecular complexity index is 2350. The van der Waals surface area contributed by atoms with Crippen LogP contribution in [-0.4, -0.2) is 15.0 Å². The van der Waals surface area contributed by atoms with Crippen LogP contribution in [0.5, 0.6) is 0 Å². The zero-order valence-electron chi connectivity index (χ0n) is 24.8. The number of fused-ring (bicyclic) bond motifs is 2. The third-order valence-electron chi connectivity index (χ3n) is 8.39. The fourth-order valence-electron chi connectivity index (χ4n) is 6.12. The first kappa shape index (κ1) is 27.1. The van der Waals surface area contributed by atoms with Crippen molar-refractivity contribution in [3.05, 3.63) is 164 Å². The van der Waals surface area contributed by atoms with Crippen molar-refractivity contribution in [2.45, 2.75) is 0 Å². The molecule has 0 fully saturated rings. The molecule has 0 unspecified atom stereocenters. The molecular weight excluding hydrogens is 560 g/mol. The molecule has 0 atom stereocenters. The third kappa shape index (κ3) is 5.06. The molecule has 5 aromatic carbocycles. The SMILES string of the molecule is N#Cc1ccc(-c2cc3ccccc3cc2-c2ccc3c(-c4cc(-c5ccccn5)nc(-c5ccccn5)c4)cccc3c2)cc1. The summed E-state index contributed by atoms with van der Waals surface area (Å²) in [6.45, 7) is 0. The van der Waals surface area contributed by atoms with E-state index in [9.17, 15) is 5.26 Å². The van der Waals surface area contributed by atoms with Gasteiger partial charge in [-0.05, 0) is 122 Å².